The van der Waals surface area contributed by atoms with Gasteiger partial charge in [-0.2, -0.15) is 0 Å². The predicted octanol–water partition coefficient (Wildman–Crippen LogP) is 1.94. The third-order valence-electron chi connectivity index (χ3n) is 2.55. The van der Waals surface area contributed by atoms with Gasteiger partial charge in [0.2, 0.25) is 0 Å². The first-order valence-corrected chi connectivity index (χ1v) is 6.06. The van der Waals surface area contributed by atoms with E-state index in [9.17, 15) is 4.79 Å². The Kier molecular flexibility index (Phi) is 3.54. The SMILES string of the molecule is CNC(Cc1csc(=O)[nH]1)c1ccccc1. The maximum atomic E-state index is 11.0. The number of hydrogen-bond donors (Lipinski definition) is 2. The summed E-state index contributed by atoms with van der Waals surface area (Å²) in [5, 5.41) is 5.14. The highest BCUT2D eigenvalue weighted by molar-refractivity contribution is 7.07. The number of likely N-dealkylation sites (N-methyl/N-ethyl adjacent to an activating group) is 1. The molecular weight excluding hydrogens is 220 g/mol. The summed E-state index contributed by atoms with van der Waals surface area (Å²) in [5.41, 5.74) is 2.22. The van der Waals surface area contributed by atoms with E-state index in [4.69, 9.17) is 0 Å². The molecule has 16 heavy (non-hydrogen) atoms. The molecule has 0 fully saturated rings. The summed E-state index contributed by atoms with van der Waals surface area (Å²) in [5.74, 6) is 0. The molecule has 1 aromatic heterocycles. The average molecular weight is 234 g/mol. The first-order valence-electron chi connectivity index (χ1n) is 5.18. The molecule has 4 heteroatoms. The summed E-state index contributed by atoms with van der Waals surface area (Å²) in [7, 11) is 1.93. The Balaban J connectivity index is 2.15. The number of aromatic nitrogens is 1. The fraction of sp³-hybridized carbons (Fsp3) is 0.250. The van der Waals surface area contributed by atoms with Crippen LogP contribution in [0.1, 0.15) is 17.3 Å². The second kappa shape index (κ2) is 5.09. The van der Waals surface area contributed by atoms with Crippen molar-refractivity contribution in [3.8, 4) is 0 Å². The number of nitrogens with one attached hydrogen (secondary N) is 2. The van der Waals surface area contributed by atoms with Gasteiger partial charge in [0.05, 0.1) is 0 Å². The molecule has 0 radical (unpaired) electrons. The Morgan fingerprint density at radius 2 is 2.12 bits per heavy atom. The van der Waals surface area contributed by atoms with Crippen LogP contribution in [0.15, 0.2) is 40.5 Å². The normalized spacial score (nSPS) is 12.6. The maximum Gasteiger partial charge on any atom is 0.304 e. The molecule has 1 unspecified atom stereocenters. The van der Waals surface area contributed by atoms with Gasteiger partial charge in [0, 0.05) is 23.5 Å². The third-order valence-corrected chi connectivity index (χ3v) is 3.26. The zero-order valence-electron chi connectivity index (χ0n) is 9.07. The minimum Gasteiger partial charge on any atom is -0.317 e. The van der Waals surface area contributed by atoms with E-state index in [0.29, 0.717) is 0 Å². The Morgan fingerprint density at radius 1 is 1.38 bits per heavy atom. The van der Waals surface area contributed by atoms with Gasteiger partial charge in [0.25, 0.3) is 0 Å². The van der Waals surface area contributed by atoms with Crippen LogP contribution in [0.25, 0.3) is 0 Å². The fourth-order valence-electron chi connectivity index (χ4n) is 1.71. The van der Waals surface area contributed by atoms with E-state index in [1.165, 1.54) is 16.9 Å². The lowest BCUT2D eigenvalue weighted by atomic mass is 10.0. The molecule has 84 valence electrons. The minimum atomic E-state index is 0.0120. The highest BCUT2D eigenvalue weighted by atomic mass is 32.1. The number of rotatable bonds is 4. The first-order chi connectivity index (χ1) is 7.79. The van der Waals surface area contributed by atoms with Gasteiger partial charge in [0.1, 0.15) is 0 Å². The third kappa shape index (κ3) is 2.59. The molecule has 0 saturated carbocycles. The van der Waals surface area contributed by atoms with E-state index in [0.717, 1.165) is 12.1 Å². The van der Waals surface area contributed by atoms with Crippen molar-refractivity contribution in [2.24, 2.45) is 0 Å². The number of H-pyrrole nitrogens is 1. The highest BCUT2D eigenvalue weighted by Gasteiger charge is 2.10. The van der Waals surface area contributed by atoms with Gasteiger partial charge in [0.15, 0.2) is 0 Å². The van der Waals surface area contributed by atoms with Gasteiger partial charge in [-0.05, 0) is 12.6 Å². The van der Waals surface area contributed by atoms with Crippen molar-refractivity contribution in [1.29, 1.82) is 0 Å². The number of hydrogen-bond acceptors (Lipinski definition) is 3. The molecule has 0 aliphatic carbocycles. The van der Waals surface area contributed by atoms with Crippen molar-refractivity contribution in [1.82, 2.24) is 10.3 Å². The molecule has 0 aliphatic rings. The number of aromatic amines is 1. The van der Waals surface area contributed by atoms with Gasteiger partial charge < -0.3 is 10.3 Å². The van der Waals surface area contributed by atoms with E-state index in [1.807, 2.05) is 30.6 Å². The van der Waals surface area contributed by atoms with Crippen LogP contribution in [-0.2, 0) is 6.42 Å². The lowest BCUT2D eigenvalue weighted by molar-refractivity contribution is 0.585. The topological polar surface area (TPSA) is 44.9 Å². The van der Waals surface area contributed by atoms with Gasteiger partial charge in [-0.25, -0.2) is 0 Å². The largest absolute Gasteiger partial charge is 0.317 e. The van der Waals surface area contributed by atoms with E-state index in [1.54, 1.807) is 0 Å². The standard InChI is InChI=1S/C12H14N2OS/c1-13-11(9-5-3-2-4-6-9)7-10-8-16-12(15)14-10/h2-6,8,11,13H,7H2,1H3,(H,14,15). The Hall–Kier alpha value is -1.39. The van der Waals surface area contributed by atoms with E-state index < -0.39 is 0 Å². The van der Waals surface area contributed by atoms with Crippen LogP contribution in [0.3, 0.4) is 0 Å². The zero-order chi connectivity index (χ0) is 11.4. The molecule has 1 heterocycles. The summed E-state index contributed by atoms with van der Waals surface area (Å²) in [6.07, 6.45) is 0.805. The van der Waals surface area contributed by atoms with Crippen molar-refractivity contribution in [3.05, 3.63) is 56.6 Å². The molecule has 2 N–H and O–H groups in total. The average Bonchev–Trinajstić information content (AvgIpc) is 2.73. The van der Waals surface area contributed by atoms with Gasteiger partial charge in [-0.1, -0.05) is 41.7 Å². The van der Waals surface area contributed by atoms with E-state index in [-0.39, 0.29) is 10.9 Å². The second-order valence-electron chi connectivity index (χ2n) is 3.63. The number of benzene rings is 1. The van der Waals surface area contributed by atoms with Crippen LogP contribution in [-0.4, -0.2) is 12.0 Å². The zero-order valence-corrected chi connectivity index (χ0v) is 9.88. The monoisotopic (exact) mass is 234 g/mol. The van der Waals surface area contributed by atoms with Gasteiger partial charge in [-0.3, -0.25) is 4.79 Å². The molecule has 3 nitrogen and oxygen atoms in total. The maximum absolute atomic E-state index is 11.0. The highest BCUT2D eigenvalue weighted by Crippen LogP contribution is 2.16. The molecule has 2 rings (SSSR count). The van der Waals surface area contributed by atoms with E-state index >= 15 is 0 Å². The molecule has 0 bridgehead atoms. The van der Waals surface area contributed by atoms with Crippen molar-refractivity contribution >= 4 is 11.3 Å². The smallest absolute Gasteiger partial charge is 0.304 e. The molecule has 1 aromatic carbocycles. The quantitative estimate of drug-likeness (QED) is 0.849. The lowest BCUT2D eigenvalue weighted by Gasteiger charge is -2.15. The summed E-state index contributed by atoms with van der Waals surface area (Å²) >= 11 is 1.21. The summed E-state index contributed by atoms with van der Waals surface area (Å²) < 4.78 is 0. The van der Waals surface area contributed by atoms with Crippen LogP contribution in [0.4, 0.5) is 0 Å². The molecule has 2 aromatic rings. The lowest BCUT2D eigenvalue weighted by Crippen LogP contribution is -2.19. The summed E-state index contributed by atoms with van der Waals surface area (Å²) in [6.45, 7) is 0. The van der Waals surface area contributed by atoms with Crippen molar-refractivity contribution < 1.29 is 0 Å². The van der Waals surface area contributed by atoms with Crippen molar-refractivity contribution in [3.63, 3.8) is 0 Å². The van der Waals surface area contributed by atoms with Crippen LogP contribution in [0.5, 0.6) is 0 Å². The summed E-state index contributed by atoms with van der Waals surface area (Å²) in [6, 6.07) is 10.5. The first kappa shape index (κ1) is 11.1. The number of thiazole rings is 1. The fourth-order valence-corrected chi connectivity index (χ4v) is 2.30. The van der Waals surface area contributed by atoms with Crippen LogP contribution >= 0.6 is 11.3 Å². The molecule has 0 spiro atoms. The molecule has 0 amide bonds. The van der Waals surface area contributed by atoms with Crippen molar-refractivity contribution in [2.45, 2.75) is 12.5 Å². The summed E-state index contributed by atoms with van der Waals surface area (Å²) in [4.78, 5) is 13.9. The molecule has 0 saturated heterocycles. The van der Waals surface area contributed by atoms with Gasteiger partial charge in [-0.15, -0.1) is 0 Å². The Labute approximate surface area is 98.2 Å². The van der Waals surface area contributed by atoms with Crippen LogP contribution < -0.4 is 10.2 Å². The van der Waals surface area contributed by atoms with E-state index in [2.05, 4.69) is 22.4 Å². The molecule has 1 atom stereocenters. The van der Waals surface area contributed by atoms with Crippen LogP contribution in [0, 0.1) is 0 Å². The van der Waals surface area contributed by atoms with Gasteiger partial charge >= 0.3 is 4.87 Å². The van der Waals surface area contributed by atoms with Crippen LogP contribution in [0.2, 0.25) is 0 Å². The predicted molar refractivity (Wildman–Crippen MR) is 66.9 cm³/mol. The molecule has 0 aliphatic heterocycles. The molecular formula is C12H14N2OS. The Bertz CT molecular complexity index is 489. The Morgan fingerprint density at radius 3 is 2.69 bits per heavy atom. The minimum absolute atomic E-state index is 0.0120. The van der Waals surface area contributed by atoms with Crippen molar-refractivity contribution in [2.75, 3.05) is 7.05 Å². The second-order valence-corrected chi connectivity index (χ2v) is 4.47.